The Labute approximate surface area is 136 Å². The summed E-state index contributed by atoms with van der Waals surface area (Å²) in [6.45, 7) is 1.26. The molecule has 1 unspecified atom stereocenters. The van der Waals surface area contributed by atoms with Gasteiger partial charge in [-0.25, -0.2) is 4.79 Å². The number of ether oxygens (including phenoxy) is 1. The van der Waals surface area contributed by atoms with E-state index in [0.717, 1.165) is 4.88 Å². The summed E-state index contributed by atoms with van der Waals surface area (Å²) in [6, 6.07) is 3.75. The van der Waals surface area contributed by atoms with Crippen molar-refractivity contribution in [2.45, 2.75) is 25.3 Å². The number of amides is 1. The van der Waals surface area contributed by atoms with Gasteiger partial charge >= 0.3 is 5.97 Å². The van der Waals surface area contributed by atoms with Crippen LogP contribution in [-0.4, -0.2) is 46.4 Å². The summed E-state index contributed by atoms with van der Waals surface area (Å²) >= 11 is 1.49. The summed E-state index contributed by atoms with van der Waals surface area (Å²) in [5, 5.41) is 17.4. The van der Waals surface area contributed by atoms with Crippen LogP contribution < -0.4 is 5.32 Å². The van der Waals surface area contributed by atoms with E-state index in [1.807, 2.05) is 17.5 Å². The Morgan fingerprint density at radius 3 is 2.91 bits per heavy atom. The first-order valence-electron chi connectivity index (χ1n) is 6.84. The summed E-state index contributed by atoms with van der Waals surface area (Å²) in [5.41, 5.74) is -1.47. The molecule has 0 aromatic carbocycles. The Kier molecular flexibility index (Phi) is 5.45. The lowest BCUT2D eigenvalue weighted by Gasteiger charge is -2.25. The number of carboxylic acid groups (broad SMARTS) is 1. The first-order chi connectivity index (χ1) is 10.9. The number of hydrogen-bond acceptors (Lipinski definition) is 7. The van der Waals surface area contributed by atoms with E-state index in [4.69, 9.17) is 9.26 Å². The second-order valence-corrected chi connectivity index (χ2v) is 6.06. The van der Waals surface area contributed by atoms with E-state index in [0.29, 0.717) is 11.7 Å². The molecule has 9 heteroatoms. The van der Waals surface area contributed by atoms with Gasteiger partial charge in [0, 0.05) is 20.0 Å². The van der Waals surface area contributed by atoms with E-state index in [1.165, 1.54) is 25.4 Å². The second-order valence-electron chi connectivity index (χ2n) is 5.11. The highest BCUT2D eigenvalue weighted by Gasteiger charge is 2.34. The van der Waals surface area contributed by atoms with Gasteiger partial charge < -0.3 is 19.7 Å². The van der Waals surface area contributed by atoms with Gasteiger partial charge in [0.1, 0.15) is 0 Å². The number of carbonyl (C=O) groups is 2. The van der Waals surface area contributed by atoms with Gasteiger partial charge in [-0.2, -0.15) is 4.98 Å². The molecule has 2 rings (SSSR count). The number of methoxy groups -OCH3 is 1. The zero-order chi connectivity index (χ0) is 16.9. The second kappa shape index (κ2) is 7.34. The van der Waals surface area contributed by atoms with E-state index in [1.54, 1.807) is 0 Å². The number of thiophene rings is 1. The minimum absolute atomic E-state index is 0.0403. The standard InChI is InChI=1S/C14H17N3O5S/c1-14(8-21-2,13(19)20)16-10(18)5-6-11-15-12(17-22-11)9-4-3-7-23-9/h3-4,7H,5-6,8H2,1-2H3,(H,16,18)(H,19,20). The molecule has 124 valence electrons. The quantitative estimate of drug-likeness (QED) is 0.745. The van der Waals surface area contributed by atoms with Gasteiger partial charge in [-0.15, -0.1) is 11.3 Å². The molecule has 0 saturated carbocycles. The number of nitrogens with zero attached hydrogens (tertiary/aromatic N) is 2. The summed E-state index contributed by atoms with van der Waals surface area (Å²) in [5.74, 6) is -0.786. The average molecular weight is 339 g/mol. The molecule has 1 atom stereocenters. The maximum Gasteiger partial charge on any atom is 0.331 e. The summed E-state index contributed by atoms with van der Waals surface area (Å²) < 4.78 is 9.93. The van der Waals surface area contributed by atoms with E-state index in [9.17, 15) is 14.7 Å². The molecule has 0 saturated heterocycles. The topological polar surface area (TPSA) is 115 Å². The van der Waals surface area contributed by atoms with Crippen LogP contribution in [0.1, 0.15) is 19.2 Å². The normalized spacial score (nSPS) is 13.5. The van der Waals surface area contributed by atoms with Crippen molar-refractivity contribution in [1.82, 2.24) is 15.5 Å². The number of hydrogen-bond donors (Lipinski definition) is 2. The Bertz CT molecular complexity index is 670. The zero-order valence-electron chi connectivity index (χ0n) is 12.7. The minimum atomic E-state index is -1.47. The molecule has 0 bridgehead atoms. The maximum absolute atomic E-state index is 11.9. The van der Waals surface area contributed by atoms with Crippen molar-refractivity contribution in [3.8, 4) is 10.7 Å². The number of aromatic nitrogens is 2. The predicted octanol–water partition coefficient (Wildman–Crippen LogP) is 1.34. The molecule has 2 heterocycles. The Hall–Kier alpha value is -2.26. The molecular weight excluding hydrogens is 322 g/mol. The Morgan fingerprint density at radius 2 is 2.30 bits per heavy atom. The van der Waals surface area contributed by atoms with Crippen LogP contribution in [0.5, 0.6) is 0 Å². The number of carbonyl (C=O) groups excluding carboxylic acids is 1. The molecule has 2 N–H and O–H groups in total. The minimum Gasteiger partial charge on any atom is -0.479 e. The van der Waals surface area contributed by atoms with Crippen LogP contribution in [0, 0.1) is 0 Å². The van der Waals surface area contributed by atoms with E-state index < -0.39 is 17.4 Å². The van der Waals surface area contributed by atoms with Gasteiger partial charge in [-0.05, 0) is 18.4 Å². The zero-order valence-corrected chi connectivity index (χ0v) is 13.6. The number of aryl methyl sites for hydroxylation is 1. The van der Waals surface area contributed by atoms with Gasteiger partial charge in [-0.3, -0.25) is 4.79 Å². The van der Waals surface area contributed by atoms with Crippen molar-refractivity contribution >= 4 is 23.2 Å². The molecule has 0 aliphatic carbocycles. The van der Waals surface area contributed by atoms with Crippen molar-refractivity contribution in [3.05, 3.63) is 23.4 Å². The SMILES string of the molecule is COCC(C)(NC(=O)CCc1nc(-c2cccs2)no1)C(=O)O. The van der Waals surface area contributed by atoms with Crippen LogP contribution >= 0.6 is 11.3 Å². The molecule has 2 aromatic rings. The summed E-state index contributed by atoms with van der Waals surface area (Å²) in [7, 11) is 1.37. The van der Waals surface area contributed by atoms with E-state index in [2.05, 4.69) is 15.5 Å². The highest BCUT2D eigenvalue weighted by molar-refractivity contribution is 7.13. The lowest BCUT2D eigenvalue weighted by molar-refractivity contribution is -0.149. The molecule has 8 nitrogen and oxygen atoms in total. The number of nitrogens with one attached hydrogen (secondary N) is 1. The largest absolute Gasteiger partial charge is 0.479 e. The lowest BCUT2D eigenvalue weighted by atomic mass is 10.0. The monoisotopic (exact) mass is 339 g/mol. The third-order valence-electron chi connectivity index (χ3n) is 3.10. The molecule has 0 aliphatic heterocycles. The van der Waals surface area contributed by atoms with Crippen LogP contribution in [0.2, 0.25) is 0 Å². The number of rotatable bonds is 8. The number of carboxylic acids is 1. The molecular formula is C14H17N3O5S. The van der Waals surface area contributed by atoms with Crippen LogP contribution in [0.25, 0.3) is 10.7 Å². The summed E-state index contributed by atoms with van der Waals surface area (Å²) in [4.78, 5) is 28.2. The van der Waals surface area contributed by atoms with Crippen molar-refractivity contribution in [2.75, 3.05) is 13.7 Å². The van der Waals surface area contributed by atoms with Gasteiger partial charge in [-0.1, -0.05) is 11.2 Å². The third kappa shape index (κ3) is 4.36. The van der Waals surface area contributed by atoms with Gasteiger partial charge in [0.05, 0.1) is 11.5 Å². The Morgan fingerprint density at radius 1 is 1.52 bits per heavy atom. The molecule has 0 fully saturated rings. The molecule has 1 amide bonds. The fourth-order valence-corrected chi connectivity index (χ4v) is 2.54. The van der Waals surface area contributed by atoms with Crippen LogP contribution in [0.15, 0.2) is 22.0 Å². The lowest BCUT2D eigenvalue weighted by Crippen LogP contribution is -2.55. The van der Waals surface area contributed by atoms with E-state index >= 15 is 0 Å². The maximum atomic E-state index is 11.9. The van der Waals surface area contributed by atoms with Crippen molar-refractivity contribution < 1.29 is 24.0 Å². The Balaban J connectivity index is 1.90. The molecule has 2 aromatic heterocycles. The van der Waals surface area contributed by atoms with Crippen molar-refractivity contribution in [2.24, 2.45) is 0 Å². The number of aliphatic carboxylic acids is 1. The van der Waals surface area contributed by atoms with Crippen LogP contribution in [0.3, 0.4) is 0 Å². The fraction of sp³-hybridized carbons (Fsp3) is 0.429. The first-order valence-corrected chi connectivity index (χ1v) is 7.72. The van der Waals surface area contributed by atoms with Crippen molar-refractivity contribution in [3.63, 3.8) is 0 Å². The molecule has 23 heavy (non-hydrogen) atoms. The van der Waals surface area contributed by atoms with Crippen LogP contribution in [-0.2, 0) is 20.7 Å². The predicted molar refractivity (Wildman–Crippen MR) is 82.0 cm³/mol. The van der Waals surface area contributed by atoms with Crippen LogP contribution in [0.4, 0.5) is 0 Å². The fourth-order valence-electron chi connectivity index (χ4n) is 1.89. The molecule has 0 radical (unpaired) electrons. The first kappa shape index (κ1) is 17.1. The highest BCUT2D eigenvalue weighted by atomic mass is 32.1. The molecule has 0 aliphatic rings. The van der Waals surface area contributed by atoms with Gasteiger partial charge in [0.2, 0.25) is 17.6 Å². The molecule has 0 spiro atoms. The third-order valence-corrected chi connectivity index (χ3v) is 3.96. The summed E-state index contributed by atoms with van der Waals surface area (Å²) in [6.07, 6.45) is 0.269. The smallest absolute Gasteiger partial charge is 0.331 e. The van der Waals surface area contributed by atoms with Gasteiger partial charge in [0.25, 0.3) is 0 Å². The highest BCUT2D eigenvalue weighted by Crippen LogP contribution is 2.21. The van der Waals surface area contributed by atoms with Gasteiger partial charge in [0.15, 0.2) is 5.54 Å². The van der Waals surface area contributed by atoms with Crippen molar-refractivity contribution in [1.29, 1.82) is 0 Å². The average Bonchev–Trinajstić information content (AvgIpc) is 3.16. The van der Waals surface area contributed by atoms with E-state index in [-0.39, 0.29) is 19.4 Å².